The Hall–Kier alpha value is -0.980. The fourth-order valence-corrected chi connectivity index (χ4v) is 1.03. The van der Waals surface area contributed by atoms with Crippen molar-refractivity contribution in [1.29, 1.82) is 5.26 Å². The number of hydrogen-bond acceptors (Lipinski definition) is 3. The zero-order valence-corrected chi connectivity index (χ0v) is 7.81. The zero-order chi connectivity index (χ0) is 8.43. The van der Waals surface area contributed by atoms with Crippen molar-refractivity contribution >= 4 is 12.4 Å². The molecule has 1 unspecified atom stereocenters. The predicted molar refractivity (Wildman–Crippen MR) is 48.0 cm³/mol. The van der Waals surface area contributed by atoms with Gasteiger partial charge >= 0.3 is 0 Å². The maximum absolute atomic E-state index is 8.51. The van der Waals surface area contributed by atoms with E-state index in [1.807, 2.05) is 13.0 Å². The SMILES string of the molecule is Cc1cc(C(N)C#N)c(C)o1.Cl. The second kappa shape index (κ2) is 4.15. The van der Waals surface area contributed by atoms with Crippen molar-refractivity contribution in [1.82, 2.24) is 0 Å². The van der Waals surface area contributed by atoms with Gasteiger partial charge in [0.2, 0.25) is 0 Å². The number of hydrogen-bond donors (Lipinski definition) is 1. The molecule has 12 heavy (non-hydrogen) atoms. The first-order valence-corrected chi connectivity index (χ1v) is 3.37. The highest BCUT2D eigenvalue weighted by molar-refractivity contribution is 5.85. The van der Waals surface area contributed by atoms with Crippen LogP contribution in [-0.4, -0.2) is 0 Å². The molecular weight excluding hydrogens is 176 g/mol. The molecule has 1 aromatic rings. The van der Waals surface area contributed by atoms with Crippen molar-refractivity contribution in [3.8, 4) is 6.07 Å². The molecule has 0 aromatic carbocycles. The summed E-state index contributed by atoms with van der Waals surface area (Å²) in [6, 6.07) is 3.19. The Balaban J connectivity index is 0.00000121. The zero-order valence-electron chi connectivity index (χ0n) is 7.00. The maximum Gasteiger partial charge on any atom is 0.122 e. The summed E-state index contributed by atoms with van der Waals surface area (Å²) >= 11 is 0. The largest absolute Gasteiger partial charge is 0.466 e. The topological polar surface area (TPSA) is 63.0 Å². The van der Waals surface area contributed by atoms with Crippen LogP contribution in [0.25, 0.3) is 0 Å². The minimum absolute atomic E-state index is 0. The molecule has 3 nitrogen and oxygen atoms in total. The highest BCUT2D eigenvalue weighted by Crippen LogP contribution is 2.18. The summed E-state index contributed by atoms with van der Waals surface area (Å²) in [7, 11) is 0. The first-order valence-electron chi connectivity index (χ1n) is 3.37. The molecule has 4 heteroatoms. The third-order valence-corrected chi connectivity index (χ3v) is 1.55. The quantitative estimate of drug-likeness (QED) is 0.728. The van der Waals surface area contributed by atoms with Crippen LogP contribution in [-0.2, 0) is 0 Å². The monoisotopic (exact) mass is 186 g/mol. The highest BCUT2D eigenvalue weighted by Gasteiger charge is 2.11. The van der Waals surface area contributed by atoms with Crippen molar-refractivity contribution in [2.45, 2.75) is 19.9 Å². The lowest BCUT2D eigenvalue weighted by Gasteiger charge is -1.97. The Labute approximate surface area is 77.6 Å². The molecular formula is C8H11ClN2O. The Morgan fingerprint density at radius 1 is 1.58 bits per heavy atom. The first-order chi connectivity index (χ1) is 5.15. The molecule has 1 rings (SSSR count). The number of nitriles is 1. The van der Waals surface area contributed by atoms with Gasteiger partial charge in [0.25, 0.3) is 0 Å². The van der Waals surface area contributed by atoms with Crippen LogP contribution in [0.4, 0.5) is 0 Å². The summed E-state index contributed by atoms with van der Waals surface area (Å²) in [6.45, 7) is 3.64. The van der Waals surface area contributed by atoms with Gasteiger partial charge in [-0.15, -0.1) is 12.4 Å². The van der Waals surface area contributed by atoms with E-state index in [1.54, 1.807) is 13.0 Å². The molecule has 0 spiro atoms. The molecule has 0 fully saturated rings. The minimum Gasteiger partial charge on any atom is -0.466 e. The Morgan fingerprint density at radius 2 is 2.17 bits per heavy atom. The van der Waals surface area contributed by atoms with Crippen LogP contribution in [0, 0.1) is 25.2 Å². The Kier molecular flexibility index (Phi) is 3.81. The molecule has 0 aliphatic carbocycles. The molecule has 0 amide bonds. The van der Waals surface area contributed by atoms with Crippen LogP contribution in [0.5, 0.6) is 0 Å². The summed E-state index contributed by atoms with van der Waals surface area (Å²) in [4.78, 5) is 0. The van der Waals surface area contributed by atoms with Crippen molar-refractivity contribution in [2.24, 2.45) is 5.73 Å². The second-order valence-electron chi connectivity index (χ2n) is 2.48. The average molecular weight is 187 g/mol. The third-order valence-electron chi connectivity index (χ3n) is 1.55. The van der Waals surface area contributed by atoms with Gasteiger partial charge in [0.1, 0.15) is 17.6 Å². The van der Waals surface area contributed by atoms with Gasteiger partial charge in [-0.05, 0) is 19.9 Å². The number of nitrogens with zero attached hydrogens (tertiary/aromatic N) is 1. The van der Waals surface area contributed by atoms with E-state index >= 15 is 0 Å². The number of aryl methyl sites for hydroxylation is 2. The Bertz CT molecular complexity index is 300. The number of halogens is 1. The molecule has 0 saturated carbocycles. The average Bonchev–Trinajstić information content (AvgIpc) is 2.28. The van der Waals surface area contributed by atoms with Crippen LogP contribution >= 0.6 is 12.4 Å². The number of rotatable bonds is 1. The molecule has 1 atom stereocenters. The van der Waals surface area contributed by atoms with Crippen LogP contribution in [0.1, 0.15) is 23.1 Å². The molecule has 0 bridgehead atoms. The Morgan fingerprint density at radius 3 is 2.50 bits per heavy atom. The van der Waals surface area contributed by atoms with E-state index in [4.69, 9.17) is 15.4 Å². The van der Waals surface area contributed by atoms with Gasteiger partial charge in [-0.3, -0.25) is 0 Å². The molecule has 1 aromatic heterocycles. The number of furan rings is 1. The summed E-state index contributed by atoms with van der Waals surface area (Å²) < 4.78 is 5.21. The molecule has 66 valence electrons. The van der Waals surface area contributed by atoms with Crippen molar-refractivity contribution in [3.05, 3.63) is 23.2 Å². The lowest BCUT2D eigenvalue weighted by Crippen LogP contribution is -2.06. The van der Waals surface area contributed by atoms with Gasteiger partial charge in [-0.25, -0.2) is 0 Å². The van der Waals surface area contributed by atoms with Gasteiger partial charge in [-0.1, -0.05) is 0 Å². The maximum atomic E-state index is 8.51. The minimum atomic E-state index is -0.563. The van der Waals surface area contributed by atoms with Crippen molar-refractivity contribution < 1.29 is 4.42 Å². The molecule has 0 saturated heterocycles. The molecule has 1 heterocycles. The normalized spacial score (nSPS) is 11.5. The first kappa shape index (κ1) is 11.0. The highest BCUT2D eigenvalue weighted by atomic mass is 35.5. The van der Waals surface area contributed by atoms with Gasteiger partial charge in [0.15, 0.2) is 0 Å². The van der Waals surface area contributed by atoms with Crippen LogP contribution in [0.3, 0.4) is 0 Å². The van der Waals surface area contributed by atoms with Gasteiger partial charge in [0.05, 0.1) is 6.07 Å². The van der Waals surface area contributed by atoms with E-state index in [-0.39, 0.29) is 12.4 Å². The summed E-state index contributed by atoms with van der Waals surface area (Å²) in [5.41, 5.74) is 6.27. The smallest absolute Gasteiger partial charge is 0.122 e. The predicted octanol–water partition coefficient (Wildman–Crippen LogP) is 1.84. The van der Waals surface area contributed by atoms with E-state index in [0.717, 1.165) is 17.1 Å². The number of nitrogens with two attached hydrogens (primary N) is 1. The molecule has 2 N–H and O–H groups in total. The third kappa shape index (κ3) is 2.00. The van der Waals surface area contributed by atoms with E-state index in [2.05, 4.69) is 0 Å². The lowest BCUT2D eigenvalue weighted by atomic mass is 10.1. The van der Waals surface area contributed by atoms with E-state index < -0.39 is 6.04 Å². The van der Waals surface area contributed by atoms with Crippen LogP contribution in [0.2, 0.25) is 0 Å². The van der Waals surface area contributed by atoms with E-state index in [0.29, 0.717) is 0 Å². The fraction of sp³-hybridized carbons (Fsp3) is 0.375. The summed E-state index contributed by atoms with van der Waals surface area (Å²) in [5, 5.41) is 8.51. The second-order valence-corrected chi connectivity index (χ2v) is 2.48. The standard InChI is InChI=1S/C8H10N2O.ClH/c1-5-3-7(6(2)11-5)8(10)4-9;/h3,8H,10H2,1-2H3;1H. The van der Waals surface area contributed by atoms with Gasteiger partial charge in [0, 0.05) is 5.56 Å². The summed E-state index contributed by atoms with van der Waals surface area (Å²) in [5.74, 6) is 1.53. The van der Waals surface area contributed by atoms with Gasteiger partial charge < -0.3 is 10.2 Å². The molecule has 0 aliphatic heterocycles. The lowest BCUT2D eigenvalue weighted by molar-refractivity contribution is 0.500. The van der Waals surface area contributed by atoms with Crippen molar-refractivity contribution in [2.75, 3.05) is 0 Å². The summed E-state index contributed by atoms with van der Waals surface area (Å²) in [6.07, 6.45) is 0. The van der Waals surface area contributed by atoms with Crippen LogP contribution < -0.4 is 5.73 Å². The van der Waals surface area contributed by atoms with E-state index in [1.165, 1.54) is 0 Å². The van der Waals surface area contributed by atoms with Crippen molar-refractivity contribution in [3.63, 3.8) is 0 Å². The molecule has 0 radical (unpaired) electrons. The van der Waals surface area contributed by atoms with Gasteiger partial charge in [-0.2, -0.15) is 5.26 Å². The molecule has 0 aliphatic rings. The van der Waals surface area contributed by atoms with Crippen LogP contribution in [0.15, 0.2) is 10.5 Å². The van der Waals surface area contributed by atoms with E-state index in [9.17, 15) is 0 Å². The fourth-order valence-electron chi connectivity index (χ4n) is 1.03.